The highest BCUT2D eigenvalue weighted by Crippen LogP contribution is 2.20. The van der Waals surface area contributed by atoms with Gasteiger partial charge >= 0.3 is 0 Å². The lowest BCUT2D eigenvalue weighted by Crippen LogP contribution is -2.32. The molecule has 136 valence electrons. The highest BCUT2D eigenvalue weighted by Gasteiger charge is 2.20. The van der Waals surface area contributed by atoms with Crippen molar-refractivity contribution in [1.29, 1.82) is 0 Å². The average molecular weight is 357 g/mol. The number of nitrogens with zero attached hydrogens (tertiary/aromatic N) is 1. The number of carbonyl (C=O) groups is 2. The van der Waals surface area contributed by atoms with Crippen molar-refractivity contribution >= 4 is 23.3 Å². The number of rotatable bonds is 8. The van der Waals surface area contributed by atoms with E-state index < -0.39 is 29.1 Å². The van der Waals surface area contributed by atoms with Gasteiger partial charge in [-0.3, -0.25) is 14.9 Å². The van der Waals surface area contributed by atoms with Gasteiger partial charge in [0, 0.05) is 29.7 Å². The summed E-state index contributed by atoms with van der Waals surface area (Å²) in [6.45, 7) is 0. The Bertz CT molecular complexity index is 804. The number of ether oxygens (including phenoxy) is 1. The molecule has 0 aliphatic rings. The maximum absolute atomic E-state index is 12.5. The van der Waals surface area contributed by atoms with Crippen LogP contribution < -0.4 is 15.2 Å². The van der Waals surface area contributed by atoms with Crippen molar-refractivity contribution in [3.63, 3.8) is 0 Å². The van der Waals surface area contributed by atoms with Gasteiger partial charge in [-0.1, -0.05) is 12.1 Å². The maximum Gasteiger partial charge on any atom is 0.269 e. The number of carbonyl (C=O) groups excluding carboxylic acids is 2. The topological polar surface area (TPSA) is 122 Å². The summed E-state index contributed by atoms with van der Waals surface area (Å²) >= 11 is 0. The second-order valence-corrected chi connectivity index (χ2v) is 5.62. The van der Waals surface area contributed by atoms with Crippen LogP contribution in [0.4, 0.5) is 11.4 Å². The summed E-state index contributed by atoms with van der Waals surface area (Å²) in [7, 11) is 1.51. The average Bonchev–Trinajstić information content (AvgIpc) is 2.61. The molecule has 8 nitrogen and oxygen atoms in total. The van der Waals surface area contributed by atoms with Crippen molar-refractivity contribution in [2.75, 3.05) is 12.4 Å². The molecule has 0 fully saturated rings. The molecule has 0 heterocycles. The van der Waals surface area contributed by atoms with Crippen LogP contribution in [-0.2, 0) is 16.0 Å². The highest BCUT2D eigenvalue weighted by atomic mass is 16.6. The zero-order valence-electron chi connectivity index (χ0n) is 14.0. The fourth-order valence-electron chi connectivity index (χ4n) is 2.45. The van der Waals surface area contributed by atoms with Crippen LogP contribution in [-0.4, -0.2) is 23.9 Å². The monoisotopic (exact) mass is 357 g/mol. The van der Waals surface area contributed by atoms with Crippen LogP contribution in [0.15, 0.2) is 48.5 Å². The fourth-order valence-corrected chi connectivity index (χ4v) is 2.45. The molecular weight excluding hydrogens is 340 g/mol. The largest absolute Gasteiger partial charge is 0.550 e. The number of nitro groups is 1. The van der Waals surface area contributed by atoms with Crippen molar-refractivity contribution in [1.82, 2.24) is 0 Å². The Morgan fingerprint density at radius 1 is 1.19 bits per heavy atom. The molecule has 0 unspecified atom stereocenters. The molecule has 0 bridgehead atoms. The van der Waals surface area contributed by atoms with Crippen molar-refractivity contribution in [2.24, 2.45) is 5.92 Å². The van der Waals surface area contributed by atoms with Gasteiger partial charge in [-0.2, -0.15) is 0 Å². The third kappa shape index (κ3) is 5.30. The molecule has 0 aromatic heterocycles. The number of benzene rings is 2. The summed E-state index contributed by atoms with van der Waals surface area (Å²) < 4.78 is 5.12. The molecule has 0 radical (unpaired) electrons. The normalized spacial score (nSPS) is 11.4. The molecule has 0 aliphatic carbocycles. The van der Waals surface area contributed by atoms with Gasteiger partial charge in [-0.15, -0.1) is 0 Å². The predicted octanol–water partition coefficient (Wildman–Crippen LogP) is 1.54. The predicted molar refractivity (Wildman–Crippen MR) is 91.5 cm³/mol. The number of nitrogens with one attached hydrogen (secondary N) is 1. The minimum Gasteiger partial charge on any atom is -0.550 e. The van der Waals surface area contributed by atoms with E-state index in [0.717, 1.165) is 5.56 Å². The number of amides is 1. The Kier molecular flexibility index (Phi) is 6.26. The van der Waals surface area contributed by atoms with Gasteiger partial charge in [-0.05, 0) is 42.7 Å². The third-order valence-corrected chi connectivity index (χ3v) is 3.75. The minimum atomic E-state index is -1.34. The van der Waals surface area contributed by atoms with Gasteiger partial charge in [0.15, 0.2) is 0 Å². The first-order valence-corrected chi connectivity index (χ1v) is 7.77. The summed E-state index contributed by atoms with van der Waals surface area (Å²) in [6.07, 6.45) is -0.264. The van der Waals surface area contributed by atoms with Crippen LogP contribution in [0.1, 0.15) is 12.0 Å². The van der Waals surface area contributed by atoms with E-state index in [1.165, 1.54) is 31.4 Å². The van der Waals surface area contributed by atoms with Crippen LogP contribution in [0.3, 0.4) is 0 Å². The van der Waals surface area contributed by atoms with E-state index in [4.69, 9.17) is 4.74 Å². The number of carboxylic acid groups (broad SMARTS) is 1. The summed E-state index contributed by atoms with van der Waals surface area (Å²) in [5.74, 6) is -2.10. The number of non-ortho nitro benzene ring substituents is 1. The molecule has 2 aromatic rings. The van der Waals surface area contributed by atoms with Crippen LogP contribution >= 0.6 is 0 Å². The lowest BCUT2D eigenvalue weighted by molar-refractivity contribution is -0.384. The summed E-state index contributed by atoms with van der Waals surface area (Å²) in [5, 5.41) is 24.2. The molecule has 0 saturated heterocycles. The van der Waals surface area contributed by atoms with E-state index in [1.807, 2.05) is 0 Å². The number of methoxy groups -OCH3 is 1. The quantitative estimate of drug-likeness (QED) is 0.565. The number of hydrogen-bond donors (Lipinski definition) is 1. The lowest BCUT2D eigenvalue weighted by Gasteiger charge is -2.18. The Labute approximate surface area is 149 Å². The zero-order valence-corrected chi connectivity index (χ0v) is 14.0. The van der Waals surface area contributed by atoms with Crippen LogP contribution in [0.2, 0.25) is 0 Å². The zero-order chi connectivity index (χ0) is 19.1. The van der Waals surface area contributed by atoms with E-state index in [-0.39, 0.29) is 12.1 Å². The van der Waals surface area contributed by atoms with E-state index in [9.17, 15) is 24.8 Å². The Hall–Kier alpha value is -3.42. The smallest absolute Gasteiger partial charge is 0.269 e. The maximum atomic E-state index is 12.5. The van der Waals surface area contributed by atoms with Crippen LogP contribution in [0.25, 0.3) is 0 Å². The number of hydrogen-bond acceptors (Lipinski definition) is 6. The van der Waals surface area contributed by atoms with Gasteiger partial charge in [0.05, 0.1) is 12.0 Å². The van der Waals surface area contributed by atoms with E-state index in [2.05, 4.69) is 5.32 Å². The molecule has 2 aromatic carbocycles. The molecule has 1 N–H and O–H groups in total. The number of nitro benzene ring substituents is 1. The standard InChI is InChI=1S/C18H18N2O6/c1-26-16-4-2-3-12(10-16)9-13(11-17(21)22)18(23)19-14-5-7-15(8-6-14)20(24)25/h2-8,10,13H,9,11H2,1H3,(H,19,23)(H,21,22)/p-1/t13-/m0/s1. The van der Waals surface area contributed by atoms with Crippen molar-refractivity contribution < 1.29 is 24.4 Å². The molecule has 26 heavy (non-hydrogen) atoms. The molecule has 0 spiro atoms. The minimum absolute atomic E-state index is 0.106. The third-order valence-electron chi connectivity index (χ3n) is 3.75. The molecule has 0 saturated carbocycles. The molecule has 8 heteroatoms. The van der Waals surface area contributed by atoms with Crippen LogP contribution in [0, 0.1) is 16.0 Å². The molecular formula is C18H17N2O6-. The first-order valence-electron chi connectivity index (χ1n) is 7.77. The lowest BCUT2D eigenvalue weighted by atomic mass is 9.95. The van der Waals surface area contributed by atoms with Gasteiger partial charge in [0.2, 0.25) is 5.91 Å². The SMILES string of the molecule is COc1cccc(C[C@@H](CC(=O)[O-])C(=O)Nc2ccc([N+](=O)[O-])cc2)c1. The molecule has 1 amide bonds. The van der Waals surface area contributed by atoms with E-state index in [1.54, 1.807) is 24.3 Å². The second kappa shape index (κ2) is 8.61. The number of carboxylic acids is 1. The molecule has 2 rings (SSSR count). The van der Waals surface area contributed by atoms with E-state index in [0.29, 0.717) is 11.4 Å². The second-order valence-electron chi connectivity index (χ2n) is 5.62. The Balaban J connectivity index is 2.12. The van der Waals surface area contributed by atoms with Gasteiger partial charge < -0.3 is 20.0 Å². The number of anilines is 1. The summed E-state index contributed by atoms with van der Waals surface area (Å²) in [6, 6.07) is 12.3. The van der Waals surface area contributed by atoms with Crippen molar-refractivity contribution in [3.05, 3.63) is 64.2 Å². The van der Waals surface area contributed by atoms with Gasteiger partial charge in [-0.25, -0.2) is 0 Å². The van der Waals surface area contributed by atoms with E-state index >= 15 is 0 Å². The van der Waals surface area contributed by atoms with Crippen molar-refractivity contribution in [3.8, 4) is 5.75 Å². The first kappa shape index (κ1) is 18.9. The van der Waals surface area contributed by atoms with Gasteiger partial charge in [0.1, 0.15) is 5.75 Å². The van der Waals surface area contributed by atoms with Crippen LogP contribution in [0.5, 0.6) is 5.75 Å². The van der Waals surface area contributed by atoms with Crippen molar-refractivity contribution in [2.45, 2.75) is 12.8 Å². The Morgan fingerprint density at radius 3 is 2.46 bits per heavy atom. The molecule has 1 atom stereocenters. The summed E-state index contributed by atoms with van der Waals surface area (Å²) in [4.78, 5) is 33.6. The Morgan fingerprint density at radius 2 is 1.88 bits per heavy atom. The molecule has 0 aliphatic heterocycles. The number of aliphatic carboxylic acids is 1. The highest BCUT2D eigenvalue weighted by molar-refractivity contribution is 5.94. The first-order chi connectivity index (χ1) is 12.4. The van der Waals surface area contributed by atoms with Gasteiger partial charge in [0.25, 0.3) is 5.69 Å². The summed E-state index contributed by atoms with van der Waals surface area (Å²) in [5.41, 5.74) is 0.981. The fraction of sp³-hybridized carbons (Fsp3) is 0.222.